The largest absolute Gasteiger partial charge is 0.494 e. The fraction of sp³-hybridized carbons (Fsp3) is 0.400. The zero-order valence-corrected chi connectivity index (χ0v) is 27.3. The summed E-state index contributed by atoms with van der Waals surface area (Å²) in [4.78, 5) is 26.4. The number of amides is 1. The molecule has 2 aromatic heterocycles. The molecule has 0 atom stereocenters. The Morgan fingerprint density at radius 2 is 2.00 bits per heavy atom. The van der Waals surface area contributed by atoms with Gasteiger partial charge in [-0.15, -0.1) is 0 Å². The van der Waals surface area contributed by atoms with Gasteiger partial charge in [0.15, 0.2) is 0 Å². The van der Waals surface area contributed by atoms with E-state index in [1.807, 2.05) is 53.3 Å². The lowest BCUT2D eigenvalue weighted by atomic mass is 9.96. The molecule has 5 rings (SSSR count). The number of aliphatic hydroxyl groups is 1. The lowest BCUT2D eigenvalue weighted by Crippen LogP contribution is -2.29. The topological polar surface area (TPSA) is 108 Å². The first-order chi connectivity index (χ1) is 21.5. The van der Waals surface area contributed by atoms with Crippen molar-refractivity contribution in [2.75, 3.05) is 56.9 Å². The Balaban J connectivity index is 1.58. The number of nitrogens with zero attached hydrogens (tertiary/aromatic N) is 5. The molecule has 1 aliphatic heterocycles. The maximum absolute atomic E-state index is 12.4. The molecule has 3 N–H and O–H groups in total. The summed E-state index contributed by atoms with van der Waals surface area (Å²) < 4.78 is 8.15. The van der Waals surface area contributed by atoms with Crippen LogP contribution in [0, 0.1) is 0 Å². The fourth-order valence-corrected chi connectivity index (χ4v) is 5.79. The van der Waals surface area contributed by atoms with Gasteiger partial charge in [-0.1, -0.05) is 24.8 Å². The van der Waals surface area contributed by atoms with E-state index in [1.165, 1.54) is 22.5 Å². The van der Waals surface area contributed by atoms with E-state index in [-0.39, 0.29) is 5.91 Å². The molecule has 0 saturated carbocycles. The Hall–Kier alpha value is -4.41. The molecule has 45 heavy (non-hydrogen) atoms. The van der Waals surface area contributed by atoms with Crippen LogP contribution in [-0.2, 0) is 24.2 Å². The van der Waals surface area contributed by atoms with Gasteiger partial charge in [0.2, 0.25) is 11.9 Å². The van der Waals surface area contributed by atoms with Crippen LogP contribution in [0.5, 0.6) is 5.75 Å². The summed E-state index contributed by atoms with van der Waals surface area (Å²) in [5, 5.41) is 18.0. The number of methoxy groups -OCH3 is 1. The molecular formula is C35H45N7O3. The van der Waals surface area contributed by atoms with Crippen LogP contribution in [-0.4, -0.2) is 77.4 Å². The zero-order chi connectivity index (χ0) is 32.3. The van der Waals surface area contributed by atoms with E-state index in [4.69, 9.17) is 14.7 Å². The number of rotatable bonds is 13. The molecule has 0 bridgehead atoms. The Bertz CT molecular complexity index is 1700. The standard InChI is InChI=1S/C35H45N7O3/c1-8-31(43)37-27-19-28(30(45-7)20-29(27)41(6)18-17-40(4)5)38-34-36-21-24(14-15-35(2,3)44)32(39-34)26-22-42-16-10-12-23-11-9-13-25(26)33(23)42/h8-9,11,13,19-22,44H,1,10,12,14-18H2,2-7H3,(H,37,43)(H,36,38,39). The summed E-state index contributed by atoms with van der Waals surface area (Å²) >= 11 is 0. The molecule has 1 amide bonds. The third kappa shape index (κ3) is 7.29. The van der Waals surface area contributed by atoms with Gasteiger partial charge >= 0.3 is 0 Å². The van der Waals surface area contributed by atoms with Crippen LogP contribution in [0.2, 0.25) is 0 Å². The van der Waals surface area contributed by atoms with Crippen molar-refractivity contribution in [2.45, 2.75) is 51.7 Å². The minimum atomic E-state index is -0.820. The Labute approximate surface area is 265 Å². The summed E-state index contributed by atoms with van der Waals surface area (Å²) in [7, 11) is 7.65. The molecule has 4 aromatic rings. The highest BCUT2D eigenvalue weighted by Crippen LogP contribution is 2.40. The number of hydrogen-bond donors (Lipinski definition) is 3. The molecule has 3 heterocycles. The number of ether oxygens (including phenoxy) is 1. The monoisotopic (exact) mass is 611 g/mol. The van der Waals surface area contributed by atoms with Gasteiger partial charge in [-0.05, 0) is 76.9 Å². The fourth-order valence-electron chi connectivity index (χ4n) is 5.79. The van der Waals surface area contributed by atoms with Crippen molar-refractivity contribution < 1.29 is 14.6 Å². The first kappa shape index (κ1) is 32.0. The van der Waals surface area contributed by atoms with Gasteiger partial charge in [0, 0.05) is 56.1 Å². The SMILES string of the molecule is C=CC(=O)Nc1cc(Nc2ncc(CCC(C)(C)O)c(-c3cn4c5c(cccc35)CCC4)n2)c(OC)cc1N(C)CCN(C)C. The smallest absolute Gasteiger partial charge is 0.247 e. The minimum absolute atomic E-state index is 0.309. The number of aryl methyl sites for hydroxylation is 3. The van der Waals surface area contributed by atoms with Crippen molar-refractivity contribution >= 4 is 39.8 Å². The van der Waals surface area contributed by atoms with Gasteiger partial charge < -0.3 is 34.8 Å². The van der Waals surface area contributed by atoms with Crippen LogP contribution >= 0.6 is 0 Å². The van der Waals surface area contributed by atoms with Crippen molar-refractivity contribution in [3.8, 4) is 17.0 Å². The van der Waals surface area contributed by atoms with Crippen LogP contribution < -0.4 is 20.3 Å². The predicted octanol–water partition coefficient (Wildman–Crippen LogP) is 5.62. The second-order valence-electron chi connectivity index (χ2n) is 12.6. The molecule has 0 radical (unpaired) electrons. The molecule has 10 nitrogen and oxygen atoms in total. The lowest BCUT2D eigenvalue weighted by Gasteiger charge is -2.26. The molecule has 0 fully saturated rings. The van der Waals surface area contributed by atoms with Crippen molar-refractivity contribution in [3.05, 3.63) is 66.5 Å². The molecule has 238 valence electrons. The average Bonchev–Trinajstić information content (AvgIpc) is 3.39. The molecular weight excluding hydrogens is 566 g/mol. The van der Waals surface area contributed by atoms with E-state index in [9.17, 15) is 9.90 Å². The Morgan fingerprint density at radius 3 is 2.71 bits per heavy atom. The van der Waals surface area contributed by atoms with Crippen LogP contribution in [0.25, 0.3) is 22.2 Å². The second-order valence-corrected chi connectivity index (χ2v) is 12.6. The highest BCUT2D eigenvalue weighted by molar-refractivity contribution is 6.02. The predicted molar refractivity (Wildman–Crippen MR) is 183 cm³/mol. The van der Waals surface area contributed by atoms with Crippen LogP contribution in [0.15, 0.2) is 55.4 Å². The zero-order valence-electron chi connectivity index (χ0n) is 27.3. The van der Waals surface area contributed by atoms with Gasteiger partial charge in [0.1, 0.15) is 5.75 Å². The summed E-state index contributed by atoms with van der Waals surface area (Å²) in [6.07, 6.45) is 8.67. The number of aromatic nitrogens is 3. The van der Waals surface area contributed by atoms with Crippen molar-refractivity contribution in [1.82, 2.24) is 19.4 Å². The first-order valence-corrected chi connectivity index (χ1v) is 15.4. The van der Waals surface area contributed by atoms with Crippen LogP contribution in [0.4, 0.5) is 23.0 Å². The summed E-state index contributed by atoms with van der Waals surface area (Å²) in [5.41, 5.74) is 6.68. The van der Waals surface area contributed by atoms with E-state index in [0.29, 0.717) is 35.9 Å². The third-order valence-electron chi connectivity index (χ3n) is 8.25. The maximum atomic E-state index is 12.4. The van der Waals surface area contributed by atoms with Crippen molar-refractivity contribution in [3.63, 3.8) is 0 Å². The van der Waals surface area contributed by atoms with Gasteiger partial charge in [-0.3, -0.25) is 4.79 Å². The van der Waals surface area contributed by atoms with Crippen molar-refractivity contribution in [2.24, 2.45) is 0 Å². The maximum Gasteiger partial charge on any atom is 0.247 e. The summed E-state index contributed by atoms with van der Waals surface area (Å²) in [5.74, 6) is 0.676. The molecule has 0 aliphatic carbocycles. The summed E-state index contributed by atoms with van der Waals surface area (Å²) in [6.45, 7) is 9.81. The third-order valence-corrected chi connectivity index (χ3v) is 8.25. The Morgan fingerprint density at radius 1 is 1.20 bits per heavy atom. The molecule has 2 aromatic carbocycles. The number of hydrogen-bond acceptors (Lipinski definition) is 8. The normalized spacial score (nSPS) is 12.8. The van der Waals surface area contributed by atoms with Gasteiger partial charge in [0.25, 0.3) is 0 Å². The summed E-state index contributed by atoms with van der Waals surface area (Å²) in [6, 6.07) is 10.2. The average molecular weight is 612 g/mol. The van der Waals surface area contributed by atoms with Gasteiger partial charge in [0.05, 0.1) is 41.0 Å². The quantitative estimate of drug-likeness (QED) is 0.167. The number of carbonyl (C=O) groups is 1. The molecule has 0 unspecified atom stereocenters. The minimum Gasteiger partial charge on any atom is -0.494 e. The first-order valence-electron chi connectivity index (χ1n) is 15.4. The van der Waals surface area contributed by atoms with E-state index < -0.39 is 5.60 Å². The number of para-hydroxylation sites is 1. The van der Waals surface area contributed by atoms with Gasteiger partial charge in [-0.2, -0.15) is 0 Å². The lowest BCUT2D eigenvalue weighted by molar-refractivity contribution is -0.111. The van der Waals surface area contributed by atoms with E-state index in [1.54, 1.807) is 7.11 Å². The number of carbonyl (C=O) groups excluding carboxylic acids is 1. The van der Waals surface area contributed by atoms with E-state index in [2.05, 4.69) is 56.0 Å². The number of benzene rings is 2. The van der Waals surface area contributed by atoms with Crippen LogP contribution in [0.1, 0.15) is 37.8 Å². The van der Waals surface area contributed by atoms with Crippen LogP contribution in [0.3, 0.4) is 0 Å². The highest BCUT2D eigenvalue weighted by Gasteiger charge is 2.23. The number of anilines is 4. The van der Waals surface area contributed by atoms with Gasteiger partial charge in [-0.25, -0.2) is 9.97 Å². The van der Waals surface area contributed by atoms with E-state index >= 15 is 0 Å². The van der Waals surface area contributed by atoms with E-state index in [0.717, 1.165) is 55.0 Å². The molecule has 0 saturated heterocycles. The second kappa shape index (κ2) is 13.3. The number of likely N-dealkylation sites (N-methyl/N-ethyl adjacent to an activating group) is 2. The molecule has 10 heteroatoms. The van der Waals surface area contributed by atoms with Crippen molar-refractivity contribution in [1.29, 1.82) is 0 Å². The Kier molecular flexibility index (Phi) is 9.45. The molecule has 1 aliphatic rings. The number of nitrogens with one attached hydrogen (secondary N) is 2. The highest BCUT2D eigenvalue weighted by atomic mass is 16.5. The molecule has 0 spiro atoms.